The second-order valence-corrected chi connectivity index (χ2v) is 9.49. The van der Waals surface area contributed by atoms with Crippen molar-refractivity contribution in [2.75, 3.05) is 39.6 Å². The van der Waals surface area contributed by atoms with Crippen molar-refractivity contribution in [2.45, 2.75) is 52.4 Å². The van der Waals surface area contributed by atoms with Crippen LogP contribution >= 0.6 is 0 Å². The molecule has 0 saturated carbocycles. The number of carbonyl (C=O) groups is 2. The van der Waals surface area contributed by atoms with Crippen molar-refractivity contribution in [1.82, 2.24) is 0 Å². The summed E-state index contributed by atoms with van der Waals surface area (Å²) >= 11 is 0. The lowest BCUT2D eigenvalue weighted by Crippen LogP contribution is -2.15. The molecule has 0 radical (unpaired) electrons. The zero-order valence-corrected chi connectivity index (χ0v) is 23.7. The van der Waals surface area contributed by atoms with Gasteiger partial charge >= 0.3 is 11.9 Å². The minimum Gasteiger partial charge on any atom is -0.490 e. The maximum Gasteiger partial charge on any atom is 0.335 e. The molecule has 0 saturated heterocycles. The molecule has 2 aromatic carbocycles. The largest absolute Gasteiger partial charge is 0.490 e. The Kier molecular flexibility index (Phi) is 14.6. The summed E-state index contributed by atoms with van der Waals surface area (Å²) in [5.74, 6) is -0.341. The maximum absolute atomic E-state index is 11.7. The number of ether oxygens (including phenoxy) is 4. The third-order valence-corrected chi connectivity index (χ3v) is 6.24. The van der Waals surface area contributed by atoms with E-state index in [-0.39, 0.29) is 37.6 Å². The molecule has 0 bridgehead atoms. The number of benzene rings is 2. The molecule has 218 valence electrons. The van der Waals surface area contributed by atoms with Crippen LogP contribution in [0.3, 0.4) is 0 Å². The van der Waals surface area contributed by atoms with Gasteiger partial charge in [-0.3, -0.25) is 0 Å². The van der Waals surface area contributed by atoms with Crippen molar-refractivity contribution >= 4 is 11.9 Å². The van der Waals surface area contributed by atoms with Gasteiger partial charge in [0.15, 0.2) is 0 Å². The average Bonchev–Trinajstić information content (AvgIpc) is 2.96. The van der Waals surface area contributed by atoms with Crippen molar-refractivity contribution in [1.29, 1.82) is 0 Å². The topological polar surface area (TPSA) is 112 Å². The predicted octanol–water partition coefficient (Wildman–Crippen LogP) is 5.12. The lowest BCUT2D eigenvalue weighted by atomic mass is 9.96. The highest BCUT2D eigenvalue weighted by Gasteiger charge is 2.11. The van der Waals surface area contributed by atoms with Crippen LogP contribution in [0, 0.1) is 6.92 Å². The standard InChI is InChI=1S/C32H42O8/c1-5-6-7-8-9-10-26-11-12-27(17-23(26)2)28-18-29(37-13-15-39-31(35)24(3)21-33)20-30(19-28)38-14-16-40-32(36)25(4)22-34/h11-12,17-20,33-34H,3-10,13-16,21-22H2,1-2H3. The number of esters is 2. The average molecular weight is 555 g/mol. The van der Waals surface area contributed by atoms with Crippen molar-refractivity contribution < 1.29 is 38.7 Å². The molecule has 2 aromatic rings. The Labute approximate surface area is 237 Å². The van der Waals surface area contributed by atoms with Gasteiger partial charge in [0.2, 0.25) is 0 Å². The van der Waals surface area contributed by atoms with Crippen LogP contribution in [0.4, 0.5) is 0 Å². The van der Waals surface area contributed by atoms with Crippen LogP contribution in [0.5, 0.6) is 11.5 Å². The number of hydrogen-bond acceptors (Lipinski definition) is 8. The fraction of sp³-hybridized carbons (Fsp3) is 0.438. The molecule has 2 N–H and O–H groups in total. The van der Waals surface area contributed by atoms with Gasteiger partial charge in [-0.25, -0.2) is 9.59 Å². The van der Waals surface area contributed by atoms with Gasteiger partial charge in [-0.2, -0.15) is 0 Å². The van der Waals surface area contributed by atoms with E-state index in [1.807, 2.05) is 12.1 Å². The fourth-order valence-corrected chi connectivity index (χ4v) is 3.90. The first-order valence-corrected chi connectivity index (χ1v) is 13.7. The third kappa shape index (κ3) is 11.2. The van der Waals surface area contributed by atoms with Gasteiger partial charge in [0, 0.05) is 6.07 Å². The summed E-state index contributed by atoms with van der Waals surface area (Å²) in [5.41, 5.74) is 4.37. The second kappa shape index (κ2) is 17.9. The molecular weight excluding hydrogens is 512 g/mol. The Bertz CT molecular complexity index is 1080. The first-order chi connectivity index (χ1) is 19.3. The smallest absolute Gasteiger partial charge is 0.335 e. The van der Waals surface area contributed by atoms with Crippen LogP contribution in [0.1, 0.15) is 50.2 Å². The molecule has 40 heavy (non-hydrogen) atoms. The Morgan fingerprint density at radius 3 is 1.77 bits per heavy atom. The van der Waals surface area contributed by atoms with Crippen LogP contribution in [-0.4, -0.2) is 61.8 Å². The highest BCUT2D eigenvalue weighted by Crippen LogP contribution is 2.31. The molecule has 8 nitrogen and oxygen atoms in total. The molecule has 0 aliphatic rings. The van der Waals surface area contributed by atoms with E-state index in [0.717, 1.165) is 17.5 Å². The van der Waals surface area contributed by atoms with E-state index >= 15 is 0 Å². The Balaban J connectivity index is 2.12. The number of aliphatic hydroxyl groups is 2. The summed E-state index contributed by atoms with van der Waals surface area (Å²) < 4.78 is 21.7. The molecule has 0 atom stereocenters. The maximum atomic E-state index is 11.7. The zero-order chi connectivity index (χ0) is 29.3. The summed E-state index contributed by atoms with van der Waals surface area (Å²) in [5, 5.41) is 18.0. The number of carbonyl (C=O) groups excluding carboxylic acids is 2. The van der Waals surface area contributed by atoms with Crippen molar-refractivity contribution in [3.8, 4) is 22.6 Å². The van der Waals surface area contributed by atoms with E-state index in [2.05, 4.69) is 45.2 Å². The molecule has 8 heteroatoms. The lowest BCUT2D eigenvalue weighted by molar-refractivity contribution is -0.141. The first kappa shape index (κ1) is 32.6. The van der Waals surface area contributed by atoms with Gasteiger partial charge in [0.05, 0.1) is 24.4 Å². The number of aryl methyl sites for hydroxylation is 2. The Hall–Kier alpha value is -3.62. The van der Waals surface area contributed by atoms with Crippen LogP contribution in [0.2, 0.25) is 0 Å². The molecule has 0 aliphatic carbocycles. The minimum atomic E-state index is -0.678. The van der Waals surface area contributed by atoms with E-state index in [1.165, 1.54) is 43.2 Å². The fourth-order valence-electron chi connectivity index (χ4n) is 3.90. The number of rotatable bonds is 19. The quantitative estimate of drug-likeness (QED) is 0.140. The van der Waals surface area contributed by atoms with E-state index in [0.29, 0.717) is 11.5 Å². The summed E-state index contributed by atoms with van der Waals surface area (Å²) in [7, 11) is 0. The monoisotopic (exact) mass is 554 g/mol. The number of aliphatic hydroxyl groups excluding tert-OH is 2. The van der Waals surface area contributed by atoms with E-state index in [4.69, 9.17) is 29.2 Å². The van der Waals surface area contributed by atoms with Crippen molar-refractivity contribution in [3.05, 3.63) is 71.8 Å². The second-order valence-electron chi connectivity index (χ2n) is 9.49. The van der Waals surface area contributed by atoms with Crippen LogP contribution in [0.25, 0.3) is 11.1 Å². The van der Waals surface area contributed by atoms with Gasteiger partial charge in [-0.1, -0.05) is 64.0 Å². The third-order valence-electron chi connectivity index (χ3n) is 6.24. The summed E-state index contributed by atoms with van der Waals surface area (Å²) in [6.45, 7) is 10.4. The number of hydrogen-bond donors (Lipinski definition) is 2. The SMILES string of the molecule is C=C(CO)C(=O)OCCOc1cc(OCCOC(=O)C(=C)CO)cc(-c2ccc(CCCCCCC)c(C)c2)c1. The number of unbranched alkanes of at least 4 members (excludes halogenated alkanes) is 4. The lowest BCUT2D eigenvalue weighted by Gasteiger charge is -2.14. The Morgan fingerprint density at radius 2 is 1.27 bits per heavy atom. The Morgan fingerprint density at radius 1 is 0.725 bits per heavy atom. The summed E-state index contributed by atoms with van der Waals surface area (Å²) in [6.07, 6.45) is 7.25. The summed E-state index contributed by atoms with van der Waals surface area (Å²) in [4.78, 5) is 23.4. The van der Waals surface area contributed by atoms with Crippen molar-refractivity contribution in [3.63, 3.8) is 0 Å². The minimum absolute atomic E-state index is 0.0188. The molecule has 0 heterocycles. The van der Waals surface area contributed by atoms with Crippen LogP contribution < -0.4 is 9.47 Å². The predicted molar refractivity (Wildman–Crippen MR) is 154 cm³/mol. The molecule has 0 unspecified atom stereocenters. The van der Waals surface area contributed by atoms with E-state index < -0.39 is 25.2 Å². The van der Waals surface area contributed by atoms with Gasteiger partial charge in [0.25, 0.3) is 0 Å². The summed E-state index contributed by atoms with van der Waals surface area (Å²) in [6, 6.07) is 11.9. The van der Waals surface area contributed by atoms with Gasteiger partial charge in [-0.05, 0) is 54.2 Å². The van der Waals surface area contributed by atoms with Gasteiger partial charge in [0.1, 0.15) is 37.9 Å². The first-order valence-electron chi connectivity index (χ1n) is 13.7. The van der Waals surface area contributed by atoms with E-state index in [9.17, 15) is 9.59 Å². The molecule has 2 rings (SSSR count). The molecule has 0 amide bonds. The molecule has 0 fully saturated rings. The van der Waals surface area contributed by atoms with Crippen LogP contribution in [0.15, 0.2) is 60.7 Å². The van der Waals surface area contributed by atoms with Crippen molar-refractivity contribution in [2.24, 2.45) is 0 Å². The highest BCUT2D eigenvalue weighted by atomic mass is 16.6. The zero-order valence-electron chi connectivity index (χ0n) is 23.7. The molecule has 0 aromatic heterocycles. The van der Waals surface area contributed by atoms with Gasteiger partial charge < -0.3 is 29.2 Å². The highest BCUT2D eigenvalue weighted by molar-refractivity contribution is 5.88. The van der Waals surface area contributed by atoms with E-state index in [1.54, 1.807) is 6.07 Å². The van der Waals surface area contributed by atoms with Gasteiger partial charge in [-0.15, -0.1) is 0 Å². The molecular formula is C32H42O8. The molecule has 0 aliphatic heterocycles. The molecule has 0 spiro atoms. The van der Waals surface area contributed by atoms with Crippen LogP contribution in [-0.2, 0) is 25.5 Å². The normalized spacial score (nSPS) is 10.6.